The Morgan fingerprint density at radius 3 is 2.68 bits per heavy atom. The summed E-state index contributed by atoms with van der Waals surface area (Å²) < 4.78 is 11.0. The smallest absolute Gasteiger partial charge is 0.227 e. The molecular weight excluding hydrogens is 318 g/mol. The van der Waals surface area contributed by atoms with Gasteiger partial charge in [0, 0.05) is 24.9 Å². The molecule has 0 bridgehead atoms. The second kappa shape index (κ2) is 7.83. The SMILES string of the molecule is COc1cccc2c1N(C(=O)CCCOc1ccccc1)CCC2=O. The van der Waals surface area contributed by atoms with Gasteiger partial charge in [-0.2, -0.15) is 0 Å². The summed E-state index contributed by atoms with van der Waals surface area (Å²) in [5, 5.41) is 0. The molecule has 1 aliphatic heterocycles. The average molecular weight is 339 g/mol. The summed E-state index contributed by atoms with van der Waals surface area (Å²) in [7, 11) is 1.55. The number of methoxy groups -OCH3 is 1. The summed E-state index contributed by atoms with van der Waals surface area (Å²) in [5.41, 5.74) is 1.15. The lowest BCUT2D eigenvalue weighted by Gasteiger charge is -2.30. The number of hydrogen-bond donors (Lipinski definition) is 0. The highest BCUT2D eigenvalue weighted by molar-refractivity contribution is 6.10. The monoisotopic (exact) mass is 339 g/mol. The summed E-state index contributed by atoms with van der Waals surface area (Å²) in [6.45, 7) is 0.867. The minimum atomic E-state index is -0.0186. The molecule has 0 saturated heterocycles. The fraction of sp³-hybridized carbons (Fsp3) is 0.300. The zero-order valence-electron chi connectivity index (χ0n) is 14.2. The Kier molecular flexibility index (Phi) is 5.33. The summed E-state index contributed by atoms with van der Waals surface area (Å²) in [4.78, 5) is 26.4. The fourth-order valence-corrected chi connectivity index (χ4v) is 2.96. The number of ketones is 1. The maximum Gasteiger partial charge on any atom is 0.227 e. The molecule has 2 aromatic rings. The number of anilines is 1. The largest absolute Gasteiger partial charge is 0.495 e. The molecule has 0 N–H and O–H groups in total. The van der Waals surface area contributed by atoms with Gasteiger partial charge in [0.2, 0.25) is 5.91 Å². The molecule has 0 fully saturated rings. The van der Waals surface area contributed by atoms with Crippen molar-refractivity contribution in [1.29, 1.82) is 0 Å². The maximum atomic E-state index is 12.7. The molecule has 1 amide bonds. The van der Waals surface area contributed by atoms with E-state index in [-0.39, 0.29) is 11.7 Å². The van der Waals surface area contributed by atoms with Crippen LogP contribution >= 0.6 is 0 Å². The summed E-state index contributed by atoms with van der Waals surface area (Å²) in [6, 6.07) is 14.8. The van der Waals surface area contributed by atoms with Crippen LogP contribution in [-0.2, 0) is 4.79 Å². The molecule has 0 radical (unpaired) electrons. The molecule has 0 saturated carbocycles. The second-order valence-electron chi connectivity index (χ2n) is 5.84. The lowest BCUT2D eigenvalue weighted by atomic mass is 9.99. The highest BCUT2D eigenvalue weighted by Gasteiger charge is 2.29. The number of rotatable bonds is 6. The van der Waals surface area contributed by atoms with E-state index in [4.69, 9.17) is 9.47 Å². The van der Waals surface area contributed by atoms with Gasteiger partial charge in [-0.15, -0.1) is 0 Å². The first-order valence-corrected chi connectivity index (χ1v) is 8.39. The first kappa shape index (κ1) is 17.0. The van der Waals surface area contributed by atoms with Crippen LogP contribution in [0.2, 0.25) is 0 Å². The molecule has 0 aromatic heterocycles. The third-order valence-electron chi connectivity index (χ3n) is 4.20. The van der Waals surface area contributed by atoms with Crippen molar-refractivity contribution in [1.82, 2.24) is 0 Å². The molecule has 1 aliphatic rings. The number of benzene rings is 2. The normalized spacial score (nSPS) is 13.3. The molecule has 5 heteroatoms. The third kappa shape index (κ3) is 3.82. The van der Waals surface area contributed by atoms with Gasteiger partial charge < -0.3 is 14.4 Å². The molecule has 25 heavy (non-hydrogen) atoms. The van der Waals surface area contributed by atoms with E-state index in [1.807, 2.05) is 30.3 Å². The van der Waals surface area contributed by atoms with E-state index in [9.17, 15) is 9.59 Å². The van der Waals surface area contributed by atoms with Crippen LogP contribution in [0.1, 0.15) is 29.6 Å². The van der Waals surface area contributed by atoms with Crippen LogP contribution in [0.25, 0.3) is 0 Å². The Morgan fingerprint density at radius 1 is 1.12 bits per heavy atom. The molecule has 5 nitrogen and oxygen atoms in total. The zero-order valence-corrected chi connectivity index (χ0v) is 14.2. The number of nitrogens with zero attached hydrogens (tertiary/aromatic N) is 1. The van der Waals surface area contributed by atoms with Gasteiger partial charge in [-0.3, -0.25) is 9.59 Å². The highest BCUT2D eigenvalue weighted by atomic mass is 16.5. The van der Waals surface area contributed by atoms with Crippen molar-refractivity contribution < 1.29 is 19.1 Å². The number of para-hydroxylation sites is 2. The Balaban J connectivity index is 1.63. The first-order chi connectivity index (χ1) is 12.2. The molecule has 0 spiro atoms. The Morgan fingerprint density at radius 2 is 1.92 bits per heavy atom. The minimum Gasteiger partial charge on any atom is -0.495 e. The summed E-state index contributed by atoms with van der Waals surface area (Å²) in [6.07, 6.45) is 1.31. The molecule has 0 unspecified atom stereocenters. The minimum absolute atomic E-state index is 0.0186. The molecule has 0 aliphatic carbocycles. The molecule has 130 valence electrons. The van der Waals surface area contributed by atoms with E-state index in [1.165, 1.54) is 0 Å². The number of ether oxygens (including phenoxy) is 2. The summed E-state index contributed by atoms with van der Waals surface area (Å²) in [5.74, 6) is 1.38. The van der Waals surface area contributed by atoms with Gasteiger partial charge >= 0.3 is 0 Å². The average Bonchev–Trinajstić information content (AvgIpc) is 2.66. The van der Waals surface area contributed by atoms with E-state index < -0.39 is 0 Å². The quantitative estimate of drug-likeness (QED) is 0.756. The number of Topliss-reactive ketones (excluding diaryl/α,β-unsaturated/α-hetero) is 1. The van der Waals surface area contributed by atoms with Crippen LogP contribution in [0, 0.1) is 0 Å². The van der Waals surface area contributed by atoms with Gasteiger partial charge in [-0.1, -0.05) is 24.3 Å². The van der Waals surface area contributed by atoms with Gasteiger partial charge in [0.1, 0.15) is 11.5 Å². The van der Waals surface area contributed by atoms with Crippen molar-refractivity contribution >= 4 is 17.4 Å². The molecule has 2 aromatic carbocycles. The lowest BCUT2D eigenvalue weighted by molar-refractivity contribution is -0.118. The van der Waals surface area contributed by atoms with E-state index in [0.717, 1.165) is 5.75 Å². The van der Waals surface area contributed by atoms with Crippen molar-refractivity contribution in [3.63, 3.8) is 0 Å². The Hall–Kier alpha value is -2.82. The highest BCUT2D eigenvalue weighted by Crippen LogP contribution is 2.36. The van der Waals surface area contributed by atoms with E-state index in [2.05, 4.69) is 0 Å². The number of fused-ring (bicyclic) bond motifs is 1. The molecule has 0 atom stereocenters. The van der Waals surface area contributed by atoms with Gasteiger partial charge in [-0.05, 0) is 30.7 Å². The van der Waals surface area contributed by atoms with E-state index in [0.29, 0.717) is 49.4 Å². The van der Waals surface area contributed by atoms with Crippen LogP contribution in [0.3, 0.4) is 0 Å². The van der Waals surface area contributed by atoms with Crippen LogP contribution in [0.15, 0.2) is 48.5 Å². The van der Waals surface area contributed by atoms with Crippen LogP contribution in [0.4, 0.5) is 5.69 Å². The van der Waals surface area contributed by atoms with E-state index >= 15 is 0 Å². The van der Waals surface area contributed by atoms with Crippen molar-refractivity contribution in [2.45, 2.75) is 19.3 Å². The van der Waals surface area contributed by atoms with Gasteiger partial charge in [0.15, 0.2) is 5.78 Å². The second-order valence-corrected chi connectivity index (χ2v) is 5.84. The van der Waals surface area contributed by atoms with Gasteiger partial charge in [0.25, 0.3) is 0 Å². The first-order valence-electron chi connectivity index (χ1n) is 8.39. The Bertz CT molecular complexity index is 758. The predicted octanol–water partition coefficient (Wildman–Crippen LogP) is 3.47. The Labute approximate surface area is 147 Å². The van der Waals surface area contributed by atoms with Crippen molar-refractivity contribution in [2.75, 3.05) is 25.2 Å². The number of amides is 1. The zero-order chi connectivity index (χ0) is 17.6. The number of carbonyl (C=O) groups is 2. The molecular formula is C20H21NO4. The van der Waals surface area contributed by atoms with Crippen LogP contribution in [-0.4, -0.2) is 32.0 Å². The van der Waals surface area contributed by atoms with Crippen LogP contribution in [0.5, 0.6) is 11.5 Å². The molecule has 1 heterocycles. The third-order valence-corrected chi connectivity index (χ3v) is 4.20. The van der Waals surface area contributed by atoms with E-state index in [1.54, 1.807) is 30.2 Å². The predicted molar refractivity (Wildman–Crippen MR) is 95.5 cm³/mol. The van der Waals surface area contributed by atoms with Crippen LogP contribution < -0.4 is 14.4 Å². The number of carbonyl (C=O) groups excluding carboxylic acids is 2. The lowest BCUT2D eigenvalue weighted by Crippen LogP contribution is -2.37. The molecule has 3 rings (SSSR count). The maximum absolute atomic E-state index is 12.7. The summed E-state index contributed by atoms with van der Waals surface area (Å²) >= 11 is 0. The standard InChI is InChI=1S/C20H21NO4/c1-24-18-10-5-9-16-17(22)12-13-21(20(16)18)19(23)11-6-14-25-15-7-3-2-4-8-15/h2-5,7-10H,6,11-14H2,1H3. The van der Waals surface area contributed by atoms with Gasteiger partial charge in [0.05, 0.1) is 19.4 Å². The topological polar surface area (TPSA) is 55.8 Å². The number of hydrogen-bond acceptors (Lipinski definition) is 4. The van der Waals surface area contributed by atoms with Crippen molar-refractivity contribution in [3.8, 4) is 11.5 Å². The van der Waals surface area contributed by atoms with Crippen molar-refractivity contribution in [2.24, 2.45) is 0 Å². The van der Waals surface area contributed by atoms with Gasteiger partial charge in [-0.25, -0.2) is 0 Å². The fourth-order valence-electron chi connectivity index (χ4n) is 2.96. The van der Waals surface area contributed by atoms with Crippen molar-refractivity contribution in [3.05, 3.63) is 54.1 Å².